The van der Waals surface area contributed by atoms with Crippen molar-refractivity contribution in [3.63, 3.8) is 0 Å². The molecular formula is C28H56CaN2O8S2. The van der Waals surface area contributed by atoms with Crippen LogP contribution in [0.2, 0.25) is 0 Å². The normalized spacial score (nSPS) is 11.3. The topological polar surface area (TPSA) is 155 Å². The van der Waals surface area contributed by atoms with Gasteiger partial charge < -0.3 is 18.9 Å². The number of nitrogens with zero attached hydrogens (tertiary/aromatic N) is 2. The molecule has 0 heterocycles. The molecule has 240 valence electrons. The number of rotatable bonds is 24. The summed E-state index contributed by atoms with van der Waals surface area (Å²) in [7, 11) is -5.39. The van der Waals surface area contributed by atoms with Gasteiger partial charge in [-0.05, 0) is 12.8 Å². The molecule has 0 radical (unpaired) electrons. The van der Waals surface area contributed by atoms with E-state index in [0.29, 0.717) is 12.8 Å². The Kier molecular flexibility index (Phi) is 31.9. The molecule has 0 atom stereocenters. The monoisotopic (exact) mass is 652 g/mol. The van der Waals surface area contributed by atoms with Crippen molar-refractivity contribution < 1.29 is 35.5 Å². The summed E-state index contributed by atoms with van der Waals surface area (Å²) in [5.74, 6) is -1.18. The summed E-state index contributed by atoms with van der Waals surface area (Å²) in [5, 5.41) is 0. The summed E-state index contributed by atoms with van der Waals surface area (Å²) in [6.45, 7) is 4.36. The van der Waals surface area contributed by atoms with E-state index in [9.17, 15) is 35.5 Å². The van der Waals surface area contributed by atoms with Crippen LogP contribution >= 0.6 is 0 Å². The molecule has 0 aliphatic heterocycles. The fourth-order valence-electron chi connectivity index (χ4n) is 3.95. The fourth-order valence-corrected chi connectivity index (χ4v) is 4.94. The molecular weight excluding hydrogens is 597 g/mol. The molecule has 0 N–H and O–H groups in total. The number of carbonyl (C=O) groups excluding carboxylic acids is 2. The molecule has 0 saturated carbocycles. The van der Waals surface area contributed by atoms with Gasteiger partial charge in [-0.25, -0.2) is 16.8 Å². The third kappa shape index (κ3) is 36.1. The third-order valence-corrected chi connectivity index (χ3v) is 8.06. The fraction of sp³-hybridized carbons (Fsp3) is 0.929. The molecule has 41 heavy (non-hydrogen) atoms. The summed E-state index contributed by atoms with van der Waals surface area (Å²) in [4.78, 5) is 26.0. The van der Waals surface area contributed by atoms with Crippen molar-refractivity contribution in [1.29, 1.82) is 0 Å². The number of hydrogen-bond donors (Lipinski definition) is 0. The molecule has 0 bridgehead atoms. The van der Waals surface area contributed by atoms with Crippen molar-refractivity contribution in [3.8, 4) is 0 Å². The van der Waals surface area contributed by atoms with Crippen molar-refractivity contribution >= 4 is 69.8 Å². The Labute approximate surface area is 281 Å². The van der Waals surface area contributed by atoms with Crippen LogP contribution in [0.3, 0.4) is 0 Å². The standard InChI is InChI=1S/2C14H29NO4S.Ca/c2*1-3-4-5-6-7-8-9-10-11-14(16)15(2)12-13-20(17,18)19;/h2*3-13H2,1-2H3,(H,17,18,19);/q;;+2/p-2. The quantitative estimate of drug-likeness (QED) is 0.0828. The van der Waals surface area contributed by atoms with Crippen LogP contribution < -0.4 is 0 Å². The summed E-state index contributed by atoms with van der Waals surface area (Å²) >= 11 is 0. The molecule has 0 rings (SSSR count). The molecule has 0 spiro atoms. The minimum Gasteiger partial charge on any atom is -0.748 e. The number of unbranched alkanes of at least 4 members (excludes halogenated alkanes) is 14. The molecule has 13 heteroatoms. The van der Waals surface area contributed by atoms with E-state index in [4.69, 9.17) is 0 Å². The second kappa shape index (κ2) is 28.8. The van der Waals surface area contributed by atoms with Crippen molar-refractivity contribution in [2.24, 2.45) is 0 Å². The molecule has 0 aromatic heterocycles. The van der Waals surface area contributed by atoms with Crippen LogP contribution in [0.1, 0.15) is 129 Å². The Bertz CT molecular complexity index is 785. The van der Waals surface area contributed by atoms with Gasteiger partial charge in [0.2, 0.25) is 11.8 Å². The zero-order valence-electron chi connectivity index (χ0n) is 26.2. The second-order valence-corrected chi connectivity index (χ2v) is 13.7. The van der Waals surface area contributed by atoms with E-state index in [0.717, 1.165) is 38.5 Å². The molecule has 0 aliphatic carbocycles. The van der Waals surface area contributed by atoms with Gasteiger partial charge >= 0.3 is 37.7 Å². The van der Waals surface area contributed by atoms with E-state index in [-0.39, 0.29) is 62.6 Å². The van der Waals surface area contributed by atoms with E-state index in [1.54, 1.807) is 0 Å². The maximum atomic E-state index is 11.7. The predicted molar refractivity (Wildman–Crippen MR) is 165 cm³/mol. The van der Waals surface area contributed by atoms with E-state index >= 15 is 0 Å². The van der Waals surface area contributed by atoms with E-state index < -0.39 is 31.7 Å². The number of hydrogen-bond acceptors (Lipinski definition) is 8. The minimum absolute atomic E-state index is 0. The first kappa shape index (κ1) is 45.4. The maximum Gasteiger partial charge on any atom is 2.00 e. The average molecular weight is 653 g/mol. The van der Waals surface area contributed by atoms with Crippen molar-refractivity contribution in [2.45, 2.75) is 129 Å². The average Bonchev–Trinajstić information content (AvgIpc) is 2.88. The Morgan fingerprint density at radius 1 is 0.512 bits per heavy atom. The van der Waals surface area contributed by atoms with E-state index in [1.165, 1.54) is 88.1 Å². The van der Waals surface area contributed by atoms with Gasteiger partial charge in [-0.1, -0.05) is 104 Å². The van der Waals surface area contributed by atoms with Gasteiger partial charge in [0.05, 0.1) is 31.7 Å². The molecule has 2 amide bonds. The third-order valence-electron chi connectivity index (χ3n) is 6.69. The zero-order chi connectivity index (χ0) is 30.9. The molecule has 0 aromatic rings. The summed E-state index contributed by atoms with van der Waals surface area (Å²) in [6, 6.07) is 0. The number of carbonyl (C=O) groups is 2. The Hall–Kier alpha value is 0.0197. The molecule has 10 nitrogen and oxygen atoms in total. The Morgan fingerprint density at radius 3 is 1.00 bits per heavy atom. The van der Waals surface area contributed by atoms with Gasteiger partial charge in [-0.15, -0.1) is 0 Å². The van der Waals surface area contributed by atoms with Crippen molar-refractivity contribution in [2.75, 3.05) is 38.7 Å². The first-order valence-electron chi connectivity index (χ1n) is 15.1. The van der Waals surface area contributed by atoms with Gasteiger partial charge in [0.25, 0.3) is 0 Å². The first-order chi connectivity index (χ1) is 18.7. The summed E-state index contributed by atoms with van der Waals surface area (Å²) in [5.41, 5.74) is 0. The molecule has 0 unspecified atom stereocenters. The van der Waals surface area contributed by atoms with Crippen LogP contribution in [0, 0.1) is 0 Å². The van der Waals surface area contributed by atoms with Gasteiger partial charge in [0.1, 0.15) is 0 Å². The van der Waals surface area contributed by atoms with Crippen LogP contribution in [0.15, 0.2) is 0 Å². The Morgan fingerprint density at radius 2 is 0.756 bits per heavy atom. The van der Waals surface area contributed by atoms with Crippen molar-refractivity contribution in [1.82, 2.24) is 9.80 Å². The maximum absolute atomic E-state index is 11.7. The van der Waals surface area contributed by atoms with Crippen LogP contribution in [0.4, 0.5) is 0 Å². The van der Waals surface area contributed by atoms with Crippen LogP contribution in [-0.4, -0.2) is 124 Å². The first-order valence-corrected chi connectivity index (χ1v) is 18.2. The second-order valence-electron chi connectivity index (χ2n) is 10.6. The molecule has 0 saturated heterocycles. The van der Waals surface area contributed by atoms with Gasteiger partial charge in [0, 0.05) is 40.0 Å². The van der Waals surface area contributed by atoms with Crippen LogP contribution in [-0.2, 0) is 29.8 Å². The minimum atomic E-state index is -4.24. The molecule has 0 aromatic carbocycles. The summed E-state index contributed by atoms with van der Waals surface area (Å²) < 4.78 is 62.8. The Balaban J connectivity index is -0.000000688. The van der Waals surface area contributed by atoms with Gasteiger partial charge in [-0.3, -0.25) is 9.59 Å². The summed E-state index contributed by atoms with van der Waals surface area (Å²) in [6.07, 6.45) is 19.6. The smallest absolute Gasteiger partial charge is 0.748 e. The van der Waals surface area contributed by atoms with Crippen LogP contribution in [0.25, 0.3) is 0 Å². The SMILES string of the molecule is CCCCCCCCCCC(=O)N(C)CCS(=O)(=O)[O-].CCCCCCCCCCC(=O)N(C)CCS(=O)(=O)[O-].[Ca+2]. The van der Waals surface area contributed by atoms with Gasteiger partial charge in [-0.2, -0.15) is 0 Å². The molecule has 0 fully saturated rings. The zero-order valence-corrected chi connectivity index (χ0v) is 30.1. The van der Waals surface area contributed by atoms with Gasteiger partial charge in [0.15, 0.2) is 0 Å². The van der Waals surface area contributed by atoms with E-state index in [2.05, 4.69) is 13.8 Å². The van der Waals surface area contributed by atoms with E-state index in [1.807, 2.05) is 0 Å². The predicted octanol–water partition coefficient (Wildman–Crippen LogP) is 4.66. The molecule has 0 aliphatic rings. The van der Waals surface area contributed by atoms with Crippen molar-refractivity contribution in [3.05, 3.63) is 0 Å². The van der Waals surface area contributed by atoms with Crippen LogP contribution in [0.5, 0.6) is 0 Å². The number of amides is 2. The largest absolute Gasteiger partial charge is 2.00 e.